The highest BCUT2D eigenvalue weighted by atomic mass is 32.1. The Morgan fingerprint density at radius 1 is 1.14 bits per heavy atom. The molecule has 108 valence electrons. The lowest BCUT2D eigenvalue weighted by molar-refractivity contribution is -0.136. The lowest BCUT2D eigenvalue weighted by atomic mass is 10.1. The maximum absolute atomic E-state index is 11.7. The normalized spacial score (nSPS) is 10.6. The lowest BCUT2D eigenvalue weighted by Gasteiger charge is -2.06. The van der Waals surface area contributed by atoms with E-state index in [0.717, 1.165) is 16.0 Å². The number of aryl methyl sites for hydroxylation is 2. The zero-order valence-corrected chi connectivity index (χ0v) is 12.5. The molecule has 2 N–H and O–H groups in total. The summed E-state index contributed by atoms with van der Waals surface area (Å²) >= 11 is 1.49. The molecule has 1 aromatic carbocycles. The number of carbonyl (C=O) groups is 2. The molecule has 1 heterocycles. The summed E-state index contributed by atoms with van der Waals surface area (Å²) in [7, 11) is 0. The zero-order chi connectivity index (χ0) is 15.2. The molecule has 0 aliphatic heterocycles. The Bertz CT molecular complexity index is 678. The van der Waals surface area contributed by atoms with Crippen molar-refractivity contribution in [3.8, 4) is 0 Å². The van der Waals surface area contributed by atoms with E-state index in [1.807, 2.05) is 43.5 Å². The maximum atomic E-state index is 11.7. The second-order valence-electron chi connectivity index (χ2n) is 4.47. The molecule has 0 spiro atoms. The van der Waals surface area contributed by atoms with E-state index in [2.05, 4.69) is 15.8 Å². The first-order valence-electron chi connectivity index (χ1n) is 6.31. The SMILES string of the molecule is Cc1ccc(NC(=O)C(=O)N/N=C\c2cccs2)cc1C. The average molecular weight is 301 g/mol. The molecule has 0 bridgehead atoms. The minimum atomic E-state index is -0.805. The van der Waals surface area contributed by atoms with Crippen molar-refractivity contribution in [2.45, 2.75) is 13.8 Å². The maximum Gasteiger partial charge on any atom is 0.329 e. The number of rotatable bonds is 3. The second kappa shape index (κ2) is 6.81. The molecule has 0 radical (unpaired) electrons. The van der Waals surface area contributed by atoms with Crippen molar-refractivity contribution < 1.29 is 9.59 Å². The van der Waals surface area contributed by atoms with Gasteiger partial charge >= 0.3 is 11.8 Å². The highest BCUT2D eigenvalue weighted by molar-refractivity contribution is 7.11. The third-order valence-electron chi connectivity index (χ3n) is 2.87. The highest BCUT2D eigenvalue weighted by Gasteiger charge is 2.12. The molecule has 0 unspecified atom stereocenters. The van der Waals surface area contributed by atoms with Gasteiger partial charge in [-0.05, 0) is 48.6 Å². The van der Waals surface area contributed by atoms with E-state index in [1.165, 1.54) is 17.6 Å². The Balaban J connectivity index is 1.90. The zero-order valence-electron chi connectivity index (χ0n) is 11.7. The number of hydrazone groups is 1. The van der Waals surface area contributed by atoms with Crippen LogP contribution < -0.4 is 10.7 Å². The molecular formula is C15H15N3O2S. The van der Waals surface area contributed by atoms with E-state index < -0.39 is 11.8 Å². The fraction of sp³-hybridized carbons (Fsp3) is 0.133. The van der Waals surface area contributed by atoms with E-state index in [4.69, 9.17) is 0 Å². The van der Waals surface area contributed by atoms with Crippen molar-refractivity contribution in [2.24, 2.45) is 5.10 Å². The molecule has 2 rings (SSSR count). The van der Waals surface area contributed by atoms with Crippen molar-refractivity contribution in [2.75, 3.05) is 5.32 Å². The van der Waals surface area contributed by atoms with Gasteiger partial charge in [0.25, 0.3) is 0 Å². The van der Waals surface area contributed by atoms with Crippen molar-refractivity contribution in [1.82, 2.24) is 5.43 Å². The van der Waals surface area contributed by atoms with Gasteiger partial charge in [0, 0.05) is 10.6 Å². The summed E-state index contributed by atoms with van der Waals surface area (Å²) in [6, 6.07) is 9.19. The topological polar surface area (TPSA) is 70.6 Å². The van der Waals surface area contributed by atoms with Gasteiger partial charge in [-0.2, -0.15) is 5.10 Å². The molecule has 0 fully saturated rings. The number of hydrogen-bond acceptors (Lipinski definition) is 4. The molecule has 0 saturated heterocycles. The summed E-state index contributed by atoms with van der Waals surface area (Å²) in [4.78, 5) is 24.2. The number of thiophene rings is 1. The number of benzene rings is 1. The molecular weight excluding hydrogens is 286 g/mol. The van der Waals surface area contributed by atoms with Gasteiger partial charge in [0.2, 0.25) is 0 Å². The number of anilines is 1. The molecule has 0 aliphatic carbocycles. The van der Waals surface area contributed by atoms with Crippen molar-refractivity contribution in [3.05, 3.63) is 51.7 Å². The first-order valence-corrected chi connectivity index (χ1v) is 7.19. The summed E-state index contributed by atoms with van der Waals surface area (Å²) < 4.78 is 0. The minimum Gasteiger partial charge on any atom is -0.318 e. The molecule has 0 aliphatic rings. The summed E-state index contributed by atoms with van der Waals surface area (Å²) in [5, 5.41) is 8.16. The fourth-order valence-electron chi connectivity index (χ4n) is 1.58. The molecule has 0 atom stereocenters. The molecule has 2 amide bonds. The third kappa shape index (κ3) is 4.25. The van der Waals surface area contributed by atoms with Gasteiger partial charge in [0.15, 0.2) is 0 Å². The Morgan fingerprint density at radius 3 is 2.62 bits per heavy atom. The van der Waals surface area contributed by atoms with Crippen LogP contribution in [0.4, 0.5) is 5.69 Å². The summed E-state index contributed by atoms with van der Waals surface area (Å²) in [5.41, 5.74) is 4.94. The van der Waals surface area contributed by atoms with Crippen LogP contribution in [0.25, 0.3) is 0 Å². The summed E-state index contributed by atoms with van der Waals surface area (Å²) in [6.07, 6.45) is 1.49. The largest absolute Gasteiger partial charge is 0.329 e. The predicted octanol–water partition coefficient (Wildman–Crippen LogP) is 2.45. The standard InChI is InChI=1S/C15H15N3O2S/c1-10-5-6-12(8-11(10)2)17-14(19)15(20)18-16-9-13-4-3-7-21-13/h3-9H,1-2H3,(H,17,19)(H,18,20)/b16-9-. The van der Waals surface area contributed by atoms with Gasteiger partial charge in [0.05, 0.1) is 6.21 Å². The second-order valence-corrected chi connectivity index (χ2v) is 5.45. The Hall–Kier alpha value is -2.47. The van der Waals surface area contributed by atoms with E-state index in [0.29, 0.717) is 5.69 Å². The Kier molecular flexibility index (Phi) is 4.84. The summed E-state index contributed by atoms with van der Waals surface area (Å²) in [6.45, 7) is 3.92. The average Bonchev–Trinajstić information content (AvgIpc) is 2.96. The van der Waals surface area contributed by atoms with Crippen LogP contribution in [0.3, 0.4) is 0 Å². The summed E-state index contributed by atoms with van der Waals surface area (Å²) in [5.74, 6) is -1.55. The van der Waals surface area contributed by atoms with Crippen LogP contribution in [0.2, 0.25) is 0 Å². The first kappa shape index (κ1) is 14.9. The van der Waals surface area contributed by atoms with E-state index in [1.54, 1.807) is 6.07 Å². The quantitative estimate of drug-likeness (QED) is 0.519. The fourth-order valence-corrected chi connectivity index (χ4v) is 2.16. The van der Waals surface area contributed by atoms with Gasteiger partial charge in [0.1, 0.15) is 0 Å². The van der Waals surface area contributed by atoms with Crippen LogP contribution in [-0.2, 0) is 9.59 Å². The van der Waals surface area contributed by atoms with E-state index in [9.17, 15) is 9.59 Å². The first-order chi connectivity index (χ1) is 10.1. The highest BCUT2D eigenvalue weighted by Crippen LogP contribution is 2.13. The van der Waals surface area contributed by atoms with Crippen LogP contribution in [-0.4, -0.2) is 18.0 Å². The molecule has 1 aromatic heterocycles. The van der Waals surface area contributed by atoms with Crippen LogP contribution >= 0.6 is 11.3 Å². The van der Waals surface area contributed by atoms with E-state index >= 15 is 0 Å². The monoisotopic (exact) mass is 301 g/mol. The van der Waals surface area contributed by atoms with Crippen molar-refractivity contribution in [3.63, 3.8) is 0 Å². The van der Waals surface area contributed by atoms with Crippen molar-refractivity contribution in [1.29, 1.82) is 0 Å². The molecule has 0 saturated carbocycles. The van der Waals surface area contributed by atoms with Crippen LogP contribution in [0.1, 0.15) is 16.0 Å². The predicted molar refractivity (Wildman–Crippen MR) is 84.6 cm³/mol. The lowest BCUT2D eigenvalue weighted by Crippen LogP contribution is -2.32. The Morgan fingerprint density at radius 2 is 1.95 bits per heavy atom. The van der Waals surface area contributed by atoms with Crippen LogP contribution in [0.15, 0.2) is 40.8 Å². The van der Waals surface area contributed by atoms with Crippen molar-refractivity contribution >= 4 is 35.1 Å². The number of carbonyl (C=O) groups excluding carboxylic acids is 2. The smallest absolute Gasteiger partial charge is 0.318 e. The number of nitrogens with one attached hydrogen (secondary N) is 2. The minimum absolute atomic E-state index is 0.584. The van der Waals surface area contributed by atoms with Gasteiger partial charge in [-0.3, -0.25) is 9.59 Å². The molecule has 5 nitrogen and oxygen atoms in total. The van der Waals surface area contributed by atoms with E-state index in [-0.39, 0.29) is 0 Å². The molecule has 6 heteroatoms. The molecule has 2 aromatic rings. The number of nitrogens with zero attached hydrogens (tertiary/aromatic N) is 1. The van der Waals surface area contributed by atoms with Gasteiger partial charge < -0.3 is 5.32 Å². The van der Waals surface area contributed by atoms with Gasteiger partial charge in [-0.1, -0.05) is 12.1 Å². The molecule has 21 heavy (non-hydrogen) atoms. The van der Waals surface area contributed by atoms with Gasteiger partial charge in [-0.15, -0.1) is 11.3 Å². The third-order valence-corrected chi connectivity index (χ3v) is 3.68. The number of hydrogen-bond donors (Lipinski definition) is 2. The Labute approximate surface area is 126 Å². The van der Waals surface area contributed by atoms with Gasteiger partial charge in [-0.25, -0.2) is 5.43 Å². The number of amides is 2. The van der Waals surface area contributed by atoms with Crippen LogP contribution in [0, 0.1) is 13.8 Å². The van der Waals surface area contributed by atoms with Crippen LogP contribution in [0.5, 0.6) is 0 Å².